The highest BCUT2D eigenvalue weighted by molar-refractivity contribution is 7.80. The molecule has 1 aliphatic rings. The molecule has 6 heteroatoms. The zero-order valence-electron chi connectivity index (χ0n) is 12.3. The number of hydrogen-bond donors (Lipinski definition) is 1. The molecule has 21 heavy (non-hydrogen) atoms. The van der Waals surface area contributed by atoms with Crippen molar-refractivity contribution >= 4 is 34.7 Å². The molecule has 1 aromatic carbocycles. The number of benzene rings is 1. The Labute approximate surface area is 135 Å². The van der Waals surface area contributed by atoms with Crippen LogP contribution in [0.2, 0.25) is 5.02 Å². The lowest BCUT2D eigenvalue weighted by molar-refractivity contribution is 0.0539. The lowest BCUT2D eigenvalue weighted by Gasteiger charge is -2.43. The highest BCUT2D eigenvalue weighted by Gasteiger charge is 2.33. The van der Waals surface area contributed by atoms with E-state index in [2.05, 4.69) is 4.90 Å². The van der Waals surface area contributed by atoms with Gasteiger partial charge in [-0.25, -0.2) is 0 Å². The molecule has 0 aromatic heterocycles. The molecule has 0 atom stereocenters. The van der Waals surface area contributed by atoms with E-state index in [1.807, 2.05) is 18.7 Å². The maximum Gasteiger partial charge on any atom is 0.253 e. The van der Waals surface area contributed by atoms with Gasteiger partial charge in [0.25, 0.3) is 5.91 Å². The lowest BCUT2D eigenvalue weighted by atomic mass is 10.0. The number of halogens is 1. The third-order valence-electron chi connectivity index (χ3n) is 4.05. The quantitative estimate of drug-likeness (QED) is 0.865. The summed E-state index contributed by atoms with van der Waals surface area (Å²) in [5.41, 5.74) is 6.15. The number of carbonyl (C=O) groups is 1. The van der Waals surface area contributed by atoms with Gasteiger partial charge in [0, 0.05) is 36.8 Å². The highest BCUT2D eigenvalue weighted by Crippen LogP contribution is 2.19. The Morgan fingerprint density at radius 3 is 2.19 bits per heavy atom. The molecule has 0 bridgehead atoms. The van der Waals surface area contributed by atoms with E-state index in [1.54, 1.807) is 24.3 Å². The summed E-state index contributed by atoms with van der Waals surface area (Å²) >= 11 is 11.0. The van der Waals surface area contributed by atoms with Crippen molar-refractivity contribution in [2.24, 2.45) is 5.73 Å². The first-order chi connectivity index (χ1) is 9.82. The van der Waals surface area contributed by atoms with Crippen molar-refractivity contribution in [2.75, 3.05) is 26.2 Å². The molecule has 1 heterocycles. The fraction of sp³-hybridized carbons (Fsp3) is 0.467. The molecule has 1 aromatic rings. The standard InChI is InChI=1S/C15H20ClN3OS/c1-15(2,14(17)21)19-9-7-18(8-10-19)13(20)11-3-5-12(16)6-4-11/h3-6H,7-10H2,1-2H3,(H2,17,21). The minimum absolute atomic E-state index is 0.0412. The average Bonchev–Trinajstić information content (AvgIpc) is 2.47. The molecule has 0 spiro atoms. The van der Waals surface area contributed by atoms with Gasteiger partial charge in [0.05, 0.1) is 10.5 Å². The summed E-state index contributed by atoms with van der Waals surface area (Å²) in [7, 11) is 0. The lowest BCUT2D eigenvalue weighted by Crippen LogP contribution is -2.59. The molecule has 0 saturated carbocycles. The molecule has 0 unspecified atom stereocenters. The summed E-state index contributed by atoms with van der Waals surface area (Å²) in [4.78, 5) is 17.0. The molecule has 2 N–H and O–H groups in total. The Balaban J connectivity index is 1.99. The number of carbonyl (C=O) groups excluding carboxylic acids is 1. The molecule has 1 aliphatic heterocycles. The van der Waals surface area contributed by atoms with Crippen LogP contribution in [0.1, 0.15) is 24.2 Å². The molecule has 0 aliphatic carbocycles. The Hall–Kier alpha value is -1.17. The van der Waals surface area contributed by atoms with Crippen molar-refractivity contribution in [3.63, 3.8) is 0 Å². The molecule has 1 fully saturated rings. The first-order valence-corrected chi connectivity index (χ1v) is 7.71. The van der Waals surface area contributed by atoms with Crippen LogP contribution in [0.5, 0.6) is 0 Å². The SMILES string of the molecule is CC(C)(C(N)=S)N1CCN(C(=O)c2ccc(Cl)cc2)CC1. The highest BCUT2D eigenvalue weighted by atomic mass is 35.5. The van der Waals surface area contributed by atoms with Crippen molar-refractivity contribution in [2.45, 2.75) is 19.4 Å². The second-order valence-corrected chi connectivity index (χ2v) is 6.59. The second-order valence-electron chi connectivity index (χ2n) is 5.71. The first-order valence-electron chi connectivity index (χ1n) is 6.92. The van der Waals surface area contributed by atoms with Crippen LogP contribution < -0.4 is 5.73 Å². The second kappa shape index (κ2) is 6.30. The van der Waals surface area contributed by atoms with E-state index in [-0.39, 0.29) is 11.4 Å². The van der Waals surface area contributed by atoms with Gasteiger partial charge in [0.2, 0.25) is 0 Å². The monoisotopic (exact) mass is 325 g/mol. The van der Waals surface area contributed by atoms with Gasteiger partial charge in [-0.3, -0.25) is 9.69 Å². The van der Waals surface area contributed by atoms with Gasteiger partial charge < -0.3 is 10.6 Å². The third kappa shape index (κ3) is 3.54. The van der Waals surface area contributed by atoms with E-state index >= 15 is 0 Å². The largest absolute Gasteiger partial charge is 0.392 e. The molecule has 1 saturated heterocycles. The van der Waals surface area contributed by atoms with Gasteiger partial charge in [0.15, 0.2) is 0 Å². The number of nitrogens with two attached hydrogens (primary N) is 1. The third-order valence-corrected chi connectivity index (χ3v) is 4.80. The van der Waals surface area contributed by atoms with Crippen LogP contribution in [0.4, 0.5) is 0 Å². The van der Waals surface area contributed by atoms with Gasteiger partial charge >= 0.3 is 0 Å². The maximum absolute atomic E-state index is 12.4. The van der Waals surface area contributed by atoms with E-state index in [1.165, 1.54) is 0 Å². The number of piperazine rings is 1. The van der Waals surface area contributed by atoms with Gasteiger partial charge in [-0.15, -0.1) is 0 Å². The van der Waals surface area contributed by atoms with Crippen molar-refractivity contribution in [1.29, 1.82) is 0 Å². The first kappa shape index (κ1) is 16.2. The summed E-state index contributed by atoms with van der Waals surface area (Å²) in [6.07, 6.45) is 0. The maximum atomic E-state index is 12.4. The van der Waals surface area contributed by atoms with Crippen LogP contribution in [0.25, 0.3) is 0 Å². The average molecular weight is 326 g/mol. The Morgan fingerprint density at radius 1 is 1.19 bits per heavy atom. The van der Waals surface area contributed by atoms with Crippen LogP contribution in [0.15, 0.2) is 24.3 Å². The number of thiocarbonyl (C=S) groups is 1. The zero-order chi connectivity index (χ0) is 15.6. The number of nitrogens with zero attached hydrogens (tertiary/aromatic N) is 2. The minimum Gasteiger partial charge on any atom is -0.392 e. The van der Waals surface area contributed by atoms with E-state index in [4.69, 9.17) is 29.6 Å². The minimum atomic E-state index is -0.315. The molecular formula is C15H20ClN3OS. The van der Waals surface area contributed by atoms with Crippen molar-refractivity contribution in [1.82, 2.24) is 9.80 Å². The van der Waals surface area contributed by atoms with Crippen LogP contribution in [0.3, 0.4) is 0 Å². The zero-order valence-corrected chi connectivity index (χ0v) is 13.9. The van der Waals surface area contributed by atoms with Crippen molar-refractivity contribution in [3.8, 4) is 0 Å². The summed E-state index contributed by atoms with van der Waals surface area (Å²) in [5.74, 6) is 0.0412. The van der Waals surface area contributed by atoms with E-state index in [0.717, 1.165) is 13.1 Å². The Kier molecular flexibility index (Phi) is 4.86. The molecule has 4 nitrogen and oxygen atoms in total. The summed E-state index contributed by atoms with van der Waals surface area (Å²) in [5, 5.41) is 0.634. The van der Waals surface area contributed by atoms with Crippen molar-refractivity contribution in [3.05, 3.63) is 34.9 Å². The van der Waals surface area contributed by atoms with Crippen LogP contribution in [-0.4, -0.2) is 52.4 Å². The number of rotatable bonds is 3. The fourth-order valence-electron chi connectivity index (χ4n) is 2.40. The molecule has 1 amide bonds. The topological polar surface area (TPSA) is 49.6 Å². The predicted octanol–water partition coefficient (Wildman–Crippen LogP) is 2.16. The van der Waals surface area contributed by atoms with Crippen LogP contribution in [-0.2, 0) is 0 Å². The Morgan fingerprint density at radius 2 is 1.71 bits per heavy atom. The fourth-order valence-corrected chi connectivity index (χ4v) is 2.65. The van der Waals surface area contributed by atoms with Gasteiger partial charge in [-0.2, -0.15) is 0 Å². The van der Waals surface area contributed by atoms with Crippen molar-refractivity contribution < 1.29 is 4.79 Å². The Bertz CT molecular complexity index is 536. The number of hydrogen-bond acceptors (Lipinski definition) is 3. The van der Waals surface area contributed by atoms with E-state index < -0.39 is 0 Å². The van der Waals surface area contributed by atoms with Gasteiger partial charge in [0.1, 0.15) is 0 Å². The molecule has 0 radical (unpaired) electrons. The smallest absolute Gasteiger partial charge is 0.253 e. The summed E-state index contributed by atoms with van der Waals surface area (Å²) < 4.78 is 0. The van der Waals surface area contributed by atoms with E-state index in [0.29, 0.717) is 28.7 Å². The molecule has 114 valence electrons. The number of amides is 1. The van der Waals surface area contributed by atoms with Crippen LogP contribution >= 0.6 is 23.8 Å². The van der Waals surface area contributed by atoms with Gasteiger partial charge in [-0.1, -0.05) is 23.8 Å². The normalized spacial score (nSPS) is 16.8. The van der Waals surface area contributed by atoms with Crippen LogP contribution in [0, 0.1) is 0 Å². The van der Waals surface area contributed by atoms with E-state index in [9.17, 15) is 4.79 Å². The summed E-state index contributed by atoms with van der Waals surface area (Å²) in [6, 6.07) is 6.99. The van der Waals surface area contributed by atoms with Gasteiger partial charge in [-0.05, 0) is 38.1 Å². The predicted molar refractivity (Wildman–Crippen MR) is 89.8 cm³/mol. The molecule has 2 rings (SSSR count). The summed E-state index contributed by atoms with van der Waals surface area (Å²) in [6.45, 7) is 6.92. The molecular weight excluding hydrogens is 306 g/mol.